The quantitative estimate of drug-likeness (QED) is 0.635. The summed E-state index contributed by atoms with van der Waals surface area (Å²) < 4.78 is 28.7. The van der Waals surface area contributed by atoms with Crippen molar-refractivity contribution in [3.63, 3.8) is 0 Å². The molecule has 4 nitrogen and oxygen atoms in total. The number of halogens is 2. The normalized spacial score (nSPS) is 10.8. The molecule has 146 valence electrons. The summed E-state index contributed by atoms with van der Waals surface area (Å²) in [5.41, 5.74) is 5.80. The van der Waals surface area contributed by atoms with Crippen LogP contribution >= 0.6 is 0 Å². The Morgan fingerprint density at radius 2 is 1.75 bits per heavy atom. The number of carbonyl (C=O) groups excluding carboxylic acids is 1. The molecule has 1 heterocycles. The summed E-state index contributed by atoms with van der Waals surface area (Å²) in [6, 6.07) is 10.6. The lowest BCUT2D eigenvalue weighted by molar-refractivity contribution is 0.251. The van der Waals surface area contributed by atoms with Crippen LogP contribution in [0.3, 0.4) is 0 Å². The van der Waals surface area contributed by atoms with E-state index in [2.05, 4.69) is 48.1 Å². The van der Waals surface area contributed by atoms with E-state index >= 15 is 0 Å². The van der Waals surface area contributed by atoms with Crippen molar-refractivity contribution >= 4 is 11.7 Å². The third-order valence-corrected chi connectivity index (χ3v) is 4.70. The minimum Gasteiger partial charge on any atom is -0.345 e. The molecule has 0 radical (unpaired) electrons. The fourth-order valence-electron chi connectivity index (χ4n) is 3.32. The topological polar surface area (TPSA) is 46.1 Å². The van der Waals surface area contributed by atoms with Crippen molar-refractivity contribution in [2.45, 2.75) is 33.9 Å². The lowest BCUT2D eigenvalue weighted by Crippen LogP contribution is -2.29. The van der Waals surface area contributed by atoms with Crippen LogP contribution in [0.2, 0.25) is 0 Å². The molecule has 0 aliphatic carbocycles. The predicted octanol–water partition coefficient (Wildman–Crippen LogP) is 5.06. The molecule has 0 aliphatic heterocycles. The second kappa shape index (κ2) is 8.25. The largest absolute Gasteiger partial charge is 0.345 e. The molecular weight excluding hydrogens is 360 g/mol. The van der Waals surface area contributed by atoms with Gasteiger partial charge in [-0.15, -0.1) is 0 Å². The van der Waals surface area contributed by atoms with E-state index in [9.17, 15) is 13.6 Å². The number of urea groups is 1. The molecule has 1 aromatic heterocycles. The monoisotopic (exact) mass is 383 g/mol. The SMILES string of the molecule is Cc1cc(C)c(Cn2cccc2CNC(=O)Nc2ccc(F)cc2F)c(C)c1. The maximum atomic E-state index is 13.6. The molecule has 0 aliphatic rings. The van der Waals surface area contributed by atoms with Crippen LogP contribution in [0, 0.1) is 32.4 Å². The lowest BCUT2D eigenvalue weighted by Gasteiger charge is -2.15. The van der Waals surface area contributed by atoms with Crippen molar-refractivity contribution < 1.29 is 13.6 Å². The Hall–Kier alpha value is -3.15. The van der Waals surface area contributed by atoms with E-state index in [1.54, 1.807) is 0 Å². The first kappa shape index (κ1) is 19.6. The third-order valence-electron chi connectivity index (χ3n) is 4.70. The third kappa shape index (κ3) is 4.57. The number of hydrogen-bond acceptors (Lipinski definition) is 1. The van der Waals surface area contributed by atoms with Gasteiger partial charge in [-0.2, -0.15) is 0 Å². The average molecular weight is 383 g/mol. The number of benzene rings is 2. The maximum Gasteiger partial charge on any atom is 0.319 e. The summed E-state index contributed by atoms with van der Waals surface area (Å²) in [7, 11) is 0. The van der Waals surface area contributed by atoms with Gasteiger partial charge in [-0.3, -0.25) is 0 Å². The Morgan fingerprint density at radius 1 is 1.04 bits per heavy atom. The number of aryl methyl sites for hydroxylation is 3. The number of rotatable bonds is 5. The van der Waals surface area contributed by atoms with Crippen LogP contribution in [-0.4, -0.2) is 10.6 Å². The van der Waals surface area contributed by atoms with Crippen LogP contribution in [0.4, 0.5) is 19.3 Å². The van der Waals surface area contributed by atoms with Gasteiger partial charge in [-0.05, 0) is 61.7 Å². The van der Waals surface area contributed by atoms with Crippen molar-refractivity contribution in [1.82, 2.24) is 9.88 Å². The molecule has 0 fully saturated rings. The molecule has 2 amide bonds. The Bertz CT molecular complexity index is 988. The number of hydrogen-bond donors (Lipinski definition) is 2. The zero-order chi connectivity index (χ0) is 20.3. The van der Waals surface area contributed by atoms with Crippen LogP contribution in [0.25, 0.3) is 0 Å². The second-order valence-corrected chi connectivity index (χ2v) is 6.94. The summed E-state index contributed by atoms with van der Waals surface area (Å²) in [5.74, 6) is -1.51. The van der Waals surface area contributed by atoms with Gasteiger partial charge in [0.1, 0.15) is 11.6 Å². The lowest BCUT2D eigenvalue weighted by atomic mass is 10.00. The van der Waals surface area contributed by atoms with Gasteiger partial charge >= 0.3 is 6.03 Å². The smallest absolute Gasteiger partial charge is 0.319 e. The van der Waals surface area contributed by atoms with E-state index in [-0.39, 0.29) is 12.2 Å². The van der Waals surface area contributed by atoms with Crippen molar-refractivity contribution in [3.8, 4) is 0 Å². The van der Waals surface area contributed by atoms with Gasteiger partial charge in [-0.1, -0.05) is 17.7 Å². The van der Waals surface area contributed by atoms with Gasteiger partial charge in [-0.25, -0.2) is 13.6 Å². The first-order valence-electron chi connectivity index (χ1n) is 9.04. The molecular formula is C22H23F2N3O. The van der Waals surface area contributed by atoms with Gasteiger partial charge in [0.05, 0.1) is 12.2 Å². The molecule has 6 heteroatoms. The first-order valence-corrected chi connectivity index (χ1v) is 9.04. The molecule has 2 N–H and O–H groups in total. The molecule has 0 atom stereocenters. The molecule has 28 heavy (non-hydrogen) atoms. The molecule has 0 spiro atoms. The minimum atomic E-state index is -0.816. The fraction of sp³-hybridized carbons (Fsp3) is 0.227. The molecule has 0 unspecified atom stereocenters. The molecule has 0 saturated heterocycles. The number of nitrogens with zero attached hydrogens (tertiary/aromatic N) is 1. The highest BCUT2D eigenvalue weighted by Crippen LogP contribution is 2.19. The average Bonchev–Trinajstić information content (AvgIpc) is 3.06. The second-order valence-electron chi connectivity index (χ2n) is 6.94. The summed E-state index contributed by atoms with van der Waals surface area (Å²) in [4.78, 5) is 12.1. The van der Waals surface area contributed by atoms with Crippen molar-refractivity contribution in [2.75, 3.05) is 5.32 Å². The van der Waals surface area contributed by atoms with Crippen LogP contribution < -0.4 is 10.6 Å². The summed E-state index contributed by atoms with van der Waals surface area (Å²) in [5, 5.41) is 5.10. The van der Waals surface area contributed by atoms with Crippen molar-refractivity contribution in [3.05, 3.63) is 88.2 Å². The number of aromatic nitrogens is 1. The van der Waals surface area contributed by atoms with Crippen LogP contribution in [0.5, 0.6) is 0 Å². The van der Waals surface area contributed by atoms with Crippen molar-refractivity contribution in [1.29, 1.82) is 0 Å². The summed E-state index contributed by atoms with van der Waals surface area (Å²) >= 11 is 0. The Labute approximate surface area is 163 Å². The fourth-order valence-corrected chi connectivity index (χ4v) is 3.32. The molecule has 2 aromatic carbocycles. The van der Waals surface area contributed by atoms with E-state index < -0.39 is 17.7 Å². The Kier molecular flexibility index (Phi) is 5.78. The minimum absolute atomic E-state index is 0.0693. The standard InChI is InChI=1S/C22H23F2N3O/c1-14-9-15(2)19(16(3)10-14)13-27-8-4-5-18(27)12-25-22(28)26-21-7-6-17(23)11-20(21)24/h4-11H,12-13H2,1-3H3,(H2,25,26,28). The highest BCUT2D eigenvalue weighted by atomic mass is 19.1. The van der Waals surface area contributed by atoms with Gasteiger partial charge in [0, 0.05) is 24.5 Å². The van der Waals surface area contributed by atoms with Crippen LogP contribution in [-0.2, 0) is 13.1 Å². The number of amides is 2. The molecule has 3 aromatic rings. The van der Waals surface area contributed by atoms with Gasteiger partial charge in [0.25, 0.3) is 0 Å². The van der Waals surface area contributed by atoms with Crippen LogP contribution in [0.15, 0.2) is 48.7 Å². The van der Waals surface area contributed by atoms with Crippen LogP contribution in [0.1, 0.15) is 27.9 Å². The summed E-state index contributed by atoms with van der Waals surface area (Å²) in [6.45, 7) is 7.27. The molecule has 0 bridgehead atoms. The van der Waals surface area contributed by atoms with Gasteiger partial charge < -0.3 is 15.2 Å². The highest BCUT2D eigenvalue weighted by Gasteiger charge is 2.10. The van der Waals surface area contributed by atoms with E-state index in [1.165, 1.54) is 28.3 Å². The molecule has 0 saturated carbocycles. The summed E-state index contributed by atoms with van der Waals surface area (Å²) in [6.07, 6.45) is 1.97. The zero-order valence-electron chi connectivity index (χ0n) is 16.1. The zero-order valence-corrected chi connectivity index (χ0v) is 16.1. The number of carbonyl (C=O) groups is 1. The van der Waals surface area contributed by atoms with E-state index in [0.29, 0.717) is 6.54 Å². The van der Waals surface area contributed by atoms with E-state index in [1.807, 2.05) is 18.3 Å². The van der Waals surface area contributed by atoms with Gasteiger partial charge in [0.15, 0.2) is 0 Å². The highest BCUT2D eigenvalue weighted by molar-refractivity contribution is 5.89. The first-order chi connectivity index (χ1) is 13.3. The maximum absolute atomic E-state index is 13.6. The van der Waals surface area contributed by atoms with Gasteiger partial charge in [0.2, 0.25) is 0 Å². The Morgan fingerprint density at radius 3 is 2.43 bits per heavy atom. The predicted molar refractivity (Wildman–Crippen MR) is 106 cm³/mol. The van der Waals surface area contributed by atoms with Crippen molar-refractivity contribution in [2.24, 2.45) is 0 Å². The Balaban J connectivity index is 1.65. The number of nitrogens with one attached hydrogen (secondary N) is 2. The molecule has 3 rings (SSSR count). The van der Waals surface area contributed by atoms with E-state index in [0.717, 1.165) is 17.8 Å². The number of anilines is 1. The van der Waals surface area contributed by atoms with E-state index in [4.69, 9.17) is 0 Å².